The van der Waals surface area contributed by atoms with Crippen LogP contribution in [0, 0.1) is 5.82 Å². The van der Waals surface area contributed by atoms with Crippen molar-refractivity contribution < 1.29 is 17.9 Å². The van der Waals surface area contributed by atoms with Gasteiger partial charge in [0.05, 0.1) is 10.4 Å². The molecular weight excluding hydrogens is 355 g/mol. The Morgan fingerprint density at radius 1 is 1.08 bits per heavy atom. The molecule has 1 aliphatic heterocycles. The normalized spacial score (nSPS) is 15.7. The molecule has 1 fully saturated rings. The van der Waals surface area contributed by atoms with E-state index in [0.29, 0.717) is 17.5 Å². The topological polar surface area (TPSA) is 62.5 Å². The third-order valence-corrected chi connectivity index (χ3v) is 6.58. The highest BCUT2D eigenvalue weighted by atomic mass is 32.2. The molecule has 1 aromatic heterocycles. The lowest BCUT2D eigenvalue weighted by Crippen LogP contribution is -2.19. The van der Waals surface area contributed by atoms with Crippen LogP contribution in [0.4, 0.5) is 4.39 Å². The Hall–Kier alpha value is -2.38. The van der Waals surface area contributed by atoms with Gasteiger partial charge in [0.2, 0.25) is 0 Å². The van der Waals surface area contributed by atoms with Gasteiger partial charge in [0.1, 0.15) is 0 Å². The molecule has 0 spiro atoms. The Morgan fingerprint density at radius 2 is 1.77 bits per heavy atom. The van der Waals surface area contributed by atoms with E-state index in [1.807, 2.05) is 0 Å². The molecule has 3 aromatic rings. The molecule has 0 aliphatic carbocycles. The smallest absolute Gasteiger partial charge is 0.268 e. The summed E-state index contributed by atoms with van der Waals surface area (Å²) in [5, 5.41) is 10.8. The fourth-order valence-electron chi connectivity index (χ4n) is 3.52. The molecule has 7 heteroatoms. The van der Waals surface area contributed by atoms with Crippen molar-refractivity contribution in [2.45, 2.75) is 24.3 Å². The van der Waals surface area contributed by atoms with Gasteiger partial charge in [-0.15, -0.1) is 0 Å². The second kappa shape index (κ2) is 6.41. The van der Waals surface area contributed by atoms with E-state index in [2.05, 4.69) is 4.90 Å². The predicted molar refractivity (Wildman–Crippen MR) is 97.1 cm³/mol. The highest BCUT2D eigenvalue weighted by Crippen LogP contribution is 2.34. The molecule has 4 rings (SSSR count). The lowest BCUT2D eigenvalue weighted by molar-refractivity contribution is 0.322. The van der Waals surface area contributed by atoms with Gasteiger partial charge in [-0.05, 0) is 44.1 Å². The summed E-state index contributed by atoms with van der Waals surface area (Å²) in [5.74, 6) is -1.21. The fraction of sp³-hybridized carbons (Fsp3) is 0.263. The van der Waals surface area contributed by atoms with Crippen molar-refractivity contribution in [3.8, 4) is 5.75 Å². The van der Waals surface area contributed by atoms with Crippen molar-refractivity contribution >= 4 is 20.9 Å². The second-order valence-corrected chi connectivity index (χ2v) is 8.35. The van der Waals surface area contributed by atoms with E-state index in [1.165, 1.54) is 18.3 Å². The summed E-state index contributed by atoms with van der Waals surface area (Å²) in [6.45, 7) is 2.18. The second-order valence-electron chi connectivity index (χ2n) is 6.53. The molecule has 5 nitrogen and oxygen atoms in total. The molecule has 0 radical (unpaired) electrons. The van der Waals surface area contributed by atoms with Crippen LogP contribution in [-0.4, -0.2) is 35.5 Å². The minimum absolute atomic E-state index is 0.132. The van der Waals surface area contributed by atoms with E-state index >= 15 is 0 Å². The molecule has 26 heavy (non-hydrogen) atoms. The number of likely N-dealkylation sites (tertiary alicyclic amines) is 1. The zero-order valence-corrected chi connectivity index (χ0v) is 14.9. The number of aromatic hydroxyl groups is 1. The van der Waals surface area contributed by atoms with E-state index in [1.54, 1.807) is 24.3 Å². The molecule has 1 N–H and O–H groups in total. The van der Waals surface area contributed by atoms with Gasteiger partial charge in [-0.2, -0.15) is 0 Å². The van der Waals surface area contributed by atoms with Crippen LogP contribution in [0.2, 0.25) is 0 Å². The monoisotopic (exact) mass is 374 g/mol. The molecule has 2 aromatic carbocycles. The van der Waals surface area contributed by atoms with Crippen molar-refractivity contribution in [3.63, 3.8) is 0 Å². The van der Waals surface area contributed by atoms with Crippen molar-refractivity contribution in [3.05, 3.63) is 60.0 Å². The van der Waals surface area contributed by atoms with Gasteiger partial charge < -0.3 is 5.11 Å². The quantitative estimate of drug-likeness (QED) is 0.761. The van der Waals surface area contributed by atoms with E-state index in [0.717, 1.165) is 36.0 Å². The van der Waals surface area contributed by atoms with Gasteiger partial charge in [-0.25, -0.2) is 16.8 Å². The van der Waals surface area contributed by atoms with E-state index in [9.17, 15) is 17.9 Å². The molecular formula is C19H19FN2O3S. The highest BCUT2D eigenvalue weighted by molar-refractivity contribution is 7.90. The average molecular weight is 374 g/mol. The molecule has 0 atom stereocenters. The Morgan fingerprint density at radius 3 is 2.46 bits per heavy atom. The number of aromatic nitrogens is 1. The van der Waals surface area contributed by atoms with E-state index < -0.39 is 21.6 Å². The fourth-order valence-corrected chi connectivity index (χ4v) is 4.88. The zero-order chi connectivity index (χ0) is 18.3. The number of halogens is 1. The molecule has 0 amide bonds. The van der Waals surface area contributed by atoms with Gasteiger partial charge in [-0.1, -0.05) is 18.2 Å². The van der Waals surface area contributed by atoms with Crippen LogP contribution in [0.5, 0.6) is 5.75 Å². The molecule has 2 heterocycles. The van der Waals surface area contributed by atoms with Crippen molar-refractivity contribution in [2.75, 3.05) is 13.1 Å². The minimum atomic E-state index is -3.84. The number of fused-ring (bicyclic) bond motifs is 1. The third-order valence-electron chi connectivity index (χ3n) is 4.87. The maximum absolute atomic E-state index is 14.4. The van der Waals surface area contributed by atoms with Crippen LogP contribution < -0.4 is 0 Å². The number of hydrogen-bond acceptors (Lipinski definition) is 4. The summed E-state index contributed by atoms with van der Waals surface area (Å²) < 4.78 is 41.3. The van der Waals surface area contributed by atoms with Crippen LogP contribution in [0.3, 0.4) is 0 Å². The average Bonchev–Trinajstić information content (AvgIpc) is 3.29. The Bertz CT molecular complexity index is 1060. The first kappa shape index (κ1) is 17.1. The molecule has 1 saturated heterocycles. The van der Waals surface area contributed by atoms with Gasteiger partial charge in [0.25, 0.3) is 10.0 Å². The summed E-state index contributed by atoms with van der Waals surface area (Å²) in [6.07, 6.45) is 3.56. The van der Waals surface area contributed by atoms with Gasteiger partial charge in [-0.3, -0.25) is 4.90 Å². The number of benzene rings is 2. The van der Waals surface area contributed by atoms with Crippen LogP contribution in [0.25, 0.3) is 10.9 Å². The molecule has 0 bridgehead atoms. The lowest BCUT2D eigenvalue weighted by atomic mass is 10.1. The van der Waals surface area contributed by atoms with Gasteiger partial charge in [0, 0.05) is 29.8 Å². The van der Waals surface area contributed by atoms with Crippen LogP contribution >= 0.6 is 0 Å². The minimum Gasteiger partial charge on any atom is -0.505 e. The van der Waals surface area contributed by atoms with Crippen LogP contribution in [0.15, 0.2) is 53.6 Å². The maximum atomic E-state index is 14.4. The first-order chi connectivity index (χ1) is 12.5. The standard InChI is InChI=1S/C19H19FN2O3S/c20-17-12-18-15(16(19(17)23)13-21-9-4-5-10-21)8-11-22(18)26(24,25)14-6-2-1-3-7-14/h1-3,6-8,11-12,23H,4-5,9-10,13H2. The van der Waals surface area contributed by atoms with E-state index in [4.69, 9.17) is 0 Å². The van der Waals surface area contributed by atoms with Gasteiger partial charge in [0.15, 0.2) is 11.6 Å². The zero-order valence-electron chi connectivity index (χ0n) is 14.1. The third kappa shape index (κ3) is 2.77. The number of hydrogen-bond donors (Lipinski definition) is 1. The van der Waals surface area contributed by atoms with E-state index in [-0.39, 0.29) is 10.4 Å². The van der Waals surface area contributed by atoms with Crippen molar-refractivity contribution in [1.29, 1.82) is 0 Å². The van der Waals surface area contributed by atoms with Crippen LogP contribution in [0.1, 0.15) is 18.4 Å². The SMILES string of the molecule is O=S(=O)(c1ccccc1)n1ccc2c(CN3CCCC3)c(O)c(F)cc21. The summed E-state index contributed by atoms with van der Waals surface area (Å²) in [6, 6.07) is 10.7. The predicted octanol–water partition coefficient (Wildman–Crippen LogP) is 3.32. The molecule has 0 saturated carbocycles. The summed E-state index contributed by atoms with van der Waals surface area (Å²) in [7, 11) is -3.84. The highest BCUT2D eigenvalue weighted by Gasteiger charge is 2.24. The number of phenols is 1. The number of nitrogens with zero attached hydrogens (tertiary/aromatic N) is 2. The van der Waals surface area contributed by atoms with Crippen molar-refractivity contribution in [2.24, 2.45) is 0 Å². The summed E-state index contributed by atoms with van der Waals surface area (Å²) in [4.78, 5) is 2.27. The maximum Gasteiger partial charge on any atom is 0.268 e. The number of rotatable bonds is 4. The lowest BCUT2D eigenvalue weighted by Gasteiger charge is -2.17. The largest absolute Gasteiger partial charge is 0.505 e. The Balaban J connectivity index is 1.87. The Kier molecular flexibility index (Phi) is 4.20. The molecule has 0 unspecified atom stereocenters. The molecule has 1 aliphatic rings. The summed E-state index contributed by atoms with van der Waals surface area (Å²) >= 11 is 0. The van der Waals surface area contributed by atoms with Crippen LogP contribution in [-0.2, 0) is 16.6 Å². The molecule has 136 valence electrons. The van der Waals surface area contributed by atoms with Crippen molar-refractivity contribution in [1.82, 2.24) is 8.87 Å². The first-order valence-corrected chi connectivity index (χ1v) is 9.97. The number of phenolic OH excluding ortho intramolecular Hbond substituents is 1. The Labute approximate surface area is 151 Å². The first-order valence-electron chi connectivity index (χ1n) is 8.53. The summed E-state index contributed by atoms with van der Waals surface area (Å²) in [5.41, 5.74) is 0.669. The van der Waals surface area contributed by atoms with Gasteiger partial charge >= 0.3 is 0 Å².